The second-order valence-corrected chi connectivity index (χ2v) is 4.01. The van der Waals surface area contributed by atoms with E-state index in [9.17, 15) is 22.0 Å². The first-order valence-corrected chi connectivity index (χ1v) is 5.26. The largest absolute Gasteiger partial charge is 0.417 e. The van der Waals surface area contributed by atoms with Crippen LogP contribution in [0.3, 0.4) is 0 Å². The Hall–Kier alpha value is -0.980. The molecule has 92 valence electrons. The van der Waals surface area contributed by atoms with Gasteiger partial charge in [-0.05, 0) is 22.6 Å². The molecule has 0 atom stereocenters. The van der Waals surface area contributed by atoms with Gasteiger partial charge in [-0.3, -0.25) is 0 Å². The number of halogens is 6. The fraction of sp³-hybridized carbons (Fsp3) is 0.333. The Bertz CT molecular complexity index is 464. The van der Waals surface area contributed by atoms with E-state index in [1.807, 2.05) is 0 Å². The van der Waals surface area contributed by atoms with Crippen molar-refractivity contribution in [2.45, 2.75) is 19.0 Å². The molecule has 1 aromatic heterocycles. The number of hydrogen-bond acceptors (Lipinski definition) is 2. The van der Waals surface area contributed by atoms with Crippen molar-refractivity contribution in [3.05, 3.63) is 26.6 Å². The summed E-state index contributed by atoms with van der Waals surface area (Å²) in [6.07, 6.45) is -8.33. The summed E-state index contributed by atoms with van der Waals surface area (Å²) in [5, 5.41) is 8.43. The van der Waals surface area contributed by atoms with E-state index in [0.717, 1.165) is 0 Å². The zero-order valence-electron chi connectivity index (χ0n) is 8.02. The molecule has 0 aliphatic rings. The number of alkyl halides is 5. The van der Waals surface area contributed by atoms with E-state index < -0.39 is 35.7 Å². The molecule has 1 rings (SSSR count). The Kier molecular flexibility index (Phi) is 4.24. The van der Waals surface area contributed by atoms with E-state index in [-0.39, 0.29) is 3.70 Å². The third-order valence-electron chi connectivity index (χ3n) is 1.93. The number of nitrogens with zero attached hydrogens (tertiary/aromatic N) is 2. The van der Waals surface area contributed by atoms with Gasteiger partial charge in [0.05, 0.1) is 18.1 Å². The highest BCUT2D eigenvalue weighted by Gasteiger charge is 2.39. The van der Waals surface area contributed by atoms with Crippen molar-refractivity contribution < 1.29 is 22.0 Å². The Morgan fingerprint density at radius 2 is 2.00 bits per heavy atom. The smallest absolute Gasteiger partial charge is 0.249 e. The number of aromatic nitrogens is 1. The van der Waals surface area contributed by atoms with Crippen molar-refractivity contribution in [2.75, 3.05) is 0 Å². The van der Waals surface area contributed by atoms with Crippen LogP contribution in [0.4, 0.5) is 22.0 Å². The minimum Gasteiger partial charge on any atom is -0.249 e. The minimum atomic E-state index is -4.93. The van der Waals surface area contributed by atoms with Crippen LogP contribution in [-0.2, 0) is 12.6 Å². The van der Waals surface area contributed by atoms with Crippen LogP contribution < -0.4 is 0 Å². The zero-order valence-corrected chi connectivity index (χ0v) is 10.2. The van der Waals surface area contributed by atoms with Crippen molar-refractivity contribution in [1.29, 1.82) is 5.26 Å². The number of hydrogen-bond donors (Lipinski definition) is 0. The molecule has 0 unspecified atom stereocenters. The summed E-state index contributed by atoms with van der Waals surface area (Å²) in [5.74, 6) is 0. The summed E-state index contributed by atoms with van der Waals surface area (Å²) in [5.41, 5.74) is -3.14. The maximum atomic E-state index is 12.7. The molecule has 1 aromatic rings. The highest BCUT2D eigenvalue weighted by molar-refractivity contribution is 14.1. The first-order valence-electron chi connectivity index (χ1n) is 4.18. The van der Waals surface area contributed by atoms with Crippen molar-refractivity contribution >= 4 is 22.6 Å². The first-order chi connectivity index (χ1) is 7.79. The van der Waals surface area contributed by atoms with Crippen LogP contribution in [0.1, 0.15) is 23.1 Å². The van der Waals surface area contributed by atoms with Gasteiger partial charge >= 0.3 is 6.18 Å². The van der Waals surface area contributed by atoms with E-state index in [4.69, 9.17) is 5.26 Å². The lowest BCUT2D eigenvalue weighted by atomic mass is 10.0. The lowest BCUT2D eigenvalue weighted by Gasteiger charge is -2.16. The summed E-state index contributed by atoms with van der Waals surface area (Å²) in [4.78, 5) is 3.45. The van der Waals surface area contributed by atoms with Crippen LogP contribution in [-0.4, -0.2) is 4.98 Å². The summed E-state index contributed by atoms with van der Waals surface area (Å²) in [7, 11) is 0. The Morgan fingerprint density at radius 1 is 1.41 bits per heavy atom. The molecule has 2 nitrogen and oxygen atoms in total. The van der Waals surface area contributed by atoms with Crippen LogP contribution in [0.5, 0.6) is 0 Å². The van der Waals surface area contributed by atoms with Crippen LogP contribution in [0.2, 0.25) is 0 Å². The van der Waals surface area contributed by atoms with Gasteiger partial charge in [0.2, 0.25) is 0 Å². The molecule has 0 aliphatic carbocycles. The van der Waals surface area contributed by atoms with Gasteiger partial charge in [0.15, 0.2) is 0 Å². The standard InChI is InChI=1S/C9H4F5IN2/c10-7(11)5-3-17-8(15)4(1-2-16)6(5)9(12,13)14/h3,7H,1H2. The van der Waals surface area contributed by atoms with Crippen molar-refractivity contribution in [3.63, 3.8) is 0 Å². The van der Waals surface area contributed by atoms with Crippen LogP contribution in [0, 0.1) is 15.0 Å². The van der Waals surface area contributed by atoms with E-state index >= 15 is 0 Å². The van der Waals surface area contributed by atoms with Gasteiger partial charge in [-0.2, -0.15) is 18.4 Å². The molecular weight excluding hydrogens is 358 g/mol. The molecule has 1 heterocycles. The average Bonchev–Trinajstić information content (AvgIpc) is 2.18. The highest BCUT2D eigenvalue weighted by Crippen LogP contribution is 2.39. The predicted molar refractivity (Wildman–Crippen MR) is 56.2 cm³/mol. The van der Waals surface area contributed by atoms with Gasteiger partial charge in [-0.1, -0.05) is 0 Å². The second kappa shape index (κ2) is 5.12. The third-order valence-corrected chi connectivity index (χ3v) is 2.86. The van der Waals surface area contributed by atoms with Gasteiger partial charge in [-0.25, -0.2) is 13.8 Å². The van der Waals surface area contributed by atoms with Crippen molar-refractivity contribution in [3.8, 4) is 6.07 Å². The summed E-state index contributed by atoms with van der Waals surface area (Å²) >= 11 is 1.48. The fourth-order valence-electron chi connectivity index (χ4n) is 1.29. The Morgan fingerprint density at radius 3 is 2.41 bits per heavy atom. The van der Waals surface area contributed by atoms with Gasteiger partial charge in [-0.15, -0.1) is 0 Å². The highest BCUT2D eigenvalue weighted by atomic mass is 127. The van der Waals surface area contributed by atoms with Crippen molar-refractivity contribution in [1.82, 2.24) is 4.98 Å². The van der Waals surface area contributed by atoms with Crippen LogP contribution >= 0.6 is 22.6 Å². The van der Waals surface area contributed by atoms with Crippen molar-refractivity contribution in [2.24, 2.45) is 0 Å². The summed E-state index contributed by atoms with van der Waals surface area (Å²) < 4.78 is 63.0. The molecule has 0 saturated heterocycles. The van der Waals surface area contributed by atoms with Crippen LogP contribution in [0.25, 0.3) is 0 Å². The quantitative estimate of drug-likeness (QED) is 0.457. The van der Waals surface area contributed by atoms with Gasteiger partial charge in [0.1, 0.15) is 3.70 Å². The van der Waals surface area contributed by atoms with E-state index in [1.54, 1.807) is 0 Å². The predicted octanol–water partition coefficient (Wildman–Crippen LogP) is 3.71. The zero-order chi connectivity index (χ0) is 13.2. The molecule has 0 amide bonds. The maximum Gasteiger partial charge on any atom is 0.417 e. The molecule has 0 saturated carbocycles. The van der Waals surface area contributed by atoms with Gasteiger partial charge in [0, 0.05) is 17.3 Å². The molecule has 17 heavy (non-hydrogen) atoms. The Labute approximate surface area is 107 Å². The monoisotopic (exact) mass is 362 g/mol. The lowest BCUT2D eigenvalue weighted by molar-refractivity contribution is -0.140. The number of rotatable bonds is 2. The topological polar surface area (TPSA) is 36.7 Å². The molecule has 0 bridgehead atoms. The SMILES string of the molecule is N#CCc1c(I)ncc(C(F)F)c1C(F)(F)F. The third kappa shape index (κ3) is 3.02. The summed E-state index contributed by atoms with van der Waals surface area (Å²) in [6, 6.07) is 1.51. The van der Waals surface area contributed by atoms with Crippen LogP contribution in [0.15, 0.2) is 6.20 Å². The molecular formula is C9H4F5IN2. The molecule has 0 fully saturated rings. The number of nitriles is 1. The Balaban J connectivity index is 3.57. The molecule has 0 aliphatic heterocycles. The normalized spacial score (nSPS) is 11.6. The van der Waals surface area contributed by atoms with Gasteiger partial charge < -0.3 is 0 Å². The minimum absolute atomic E-state index is 0.0964. The lowest BCUT2D eigenvalue weighted by Crippen LogP contribution is -2.15. The fourth-order valence-corrected chi connectivity index (χ4v) is 1.89. The number of pyridine rings is 1. The molecule has 0 N–H and O–H groups in total. The summed E-state index contributed by atoms with van der Waals surface area (Å²) in [6.45, 7) is 0. The van der Waals surface area contributed by atoms with E-state index in [0.29, 0.717) is 6.20 Å². The molecule has 8 heteroatoms. The van der Waals surface area contributed by atoms with E-state index in [1.165, 1.54) is 28.7 Å². The molecule has 0 radical (unpaired) electrons. The van der Waals surface area contributed by atoms with E-state index in [2.05, 4.69) is 4.98 Å². The first kappa shape index (κ1) is 14.1. The maximum absolute atomic E-state index is 12.7. The molecule has 0 aromatic carbocycles. The molecule has 0 spiro atoms. The van der Waals surface area contributed by atoms with Gasteiger partial charge in [0.25, 0.3) is 6.43 Å². The second-order valence-electron chi connectivity index (χ2n) is 2.99. The average molecular weight is 362 g/mol.